The molecule has 8 nitrogen and oxygen atoms in total. The lowest BCUT2D eigenvalue weighted by molar-refractivity contribution is -0.135. The van der Waals surface area contributed by atoms with Crippen LogP contribution in [0.15, 0.2) is 48.7 Å². The third-order valence-corrected chi connectivity index (χ3v) is 6.03. The third-order valence-electron chi connectivity index (χ3n) is 6.03. The van der Waals surface area contributed by atoms with E-state index in [4.69, 9.17) is 5.73 Å². The highest BCUT2D eigenvalue weighted by Gasteiger charge is 2.48. The van der Waals surface area contributed by atoms with Crippen molar-refractivity contribution in [2.75, 3.05) is 26.2 Å². The predicted octanol–water partition coefficient (Wildman–Crippen LogP) is 1.72. The van der Waals surface area contributed by atoms with Gasteiger partial charge >= 0.3 is 0 Å². The van der Waals surface area contributed by atoms with E-state index in [9.17, 15) is 14.8 Å². The number of aromatic nitrogens is 2. The van der Waals surface area contributed by atoms with Gasteiger partial charge in [0.25, 0.3) is 5.91 Å². The number of amides is 2. The van der Waals surface area contributed by atoms with E-state index in [2.05, 4.69) is 5.10 Å². The number of nitrogens with two attached hydrogens (primary N) is 1. The molecule has 2 aromatic carbocycles. The van der Waals surface area contributed by atoms with Crippen molar-refractivity contribution in [3.05, 3.63) is 54.2 Å². The molecule has 2 fully saturated rings. The summed E-state index contributed by atoms with van der Waals surface area (Å²) < 4.78 is 0. The van der Waals surface area contributed by atoms with E-state index >= 15 is 0 Å². The van der Waals surface area contributed by atoms with Gasteiger partial charge in [-0.15, -0.1) is 9.94 Å². The first-order valence-electron chi connectivity index (χ1n) is 10.1. The van der Waals surface area contributed by atoms with Gasteiger partial charge in [-0.05, 0) is 42.2 Å². The average Bonchev–Trinajstić information content (AvgIpc) is 3.41. The molecule has 2 aliphatic rings. The molecule has 1 aromatic heterocycles. The summed E-state index contributed by atoms with van der Waals surface area (Å²) in [5, 5.41) is 14.3. The lowest BCUT2D eigenvalue weighted by Gasteiger charge is -2.36. The highest BCUT2D eigenvalue weighted by atomic mass is 16.5. The molecule has 0 radical (unpaired) electrons. The molecule has 154 valence electrons. The van der Waals surface area contributed by atoms with Crippen LogP contribution in [-0.2, 0) is 4.79 Å². The second kappa shape index (κ2) is 6.84. The monoisotopic (exact) mass is 405 g/mol. The van der Waals surface area contributed by atoms with Crippen molar-refractivity contribution in [2.24, 2.45) is 5.73 Å². The smallest absolute Gasteiger partial charge is 0.253 e. The Morgan fingerprint density at radius 1 is 0.933 bits per heavy atom. The highest BCUT2D eigenvalue weighted by Crippen LogP contribution is 2.34. The fraction of sp³-hybridized carbons (Fsp3) is 0.318. The molecule has 2 amide bonds. The SMILES string of the molecule is NC1(C(=O)N2CCN(C(=O)c3ccc(-c4ccc5cn(O)nc5c4)cc3)CC2)CC1. The van der Waals surface area contributed by atoms with Gasteiger partial charge in [-0.25, -0.2) is 0 Å². The van der Waals surface area contributed by atoms with Crippen LogP contribution in [0.1, 0.15) is 23.2 Å². The summed E-state index contributed by atoms with van der Waals surface area (Å²) in [5.74, 6) is -0.0149. The third kappa shape index (κ3) is 3.29. The van der Waals surface area contributed by atoms with E-state index in [0.717, 1.165) is 34.2 Å². The Labute approximate surface area is 173 Å². The molecule has 30 heavy (non-hydrogen) atoms. The largest absolute Gasteiger partial charge is 0.412 e. The quantitative estimate of drug-likeness (QED) is 0.646. The molecule has 3 N–H and O–H groups in total. The maximum Gasteiger partial charge on any atom is 0.253 e. The number of carbonyl (C=O) groups is 2. The van der Waals surface area contributed by atoms with Crippen molar-refractivity contribution in [1.29, 1.82) is 0 Å². The molecule has 0 spiro atoms. The number of rotatable bonds is 3. The van der Waals surface area contributed by atoms with Crippen LogP contribution in [0.25, 0.3) is 22.0 Å². The first-order valence-corrected chi connectivity index (χ1v) is 10.1. The Morgan fingerprint density at radius 2 is 1.57 bits per heavy atom. The lowest BCUT2D eigenvalue weighted by Crippen LogP contribution is -2.55. The molecule has 1 saturated heterocycles. The molecule has 3 aromatic rings. The number of benzene rings is 2. The van der Waals surface area contributed by atoms with Gasteiger partial charge in [-0.3, -0.25) is 9.59 Å². The van der Waals surface area contributed by atoms with E-state index in [1.165, 1.54) is 0 Å². The van der Waals surface area contributed by atoms with Crippen molar-refractivity contribution in [3.8, 4) is 11.1 Å². The normalized spacial score (nSPS) is 17.9. The molecular weight excluding hydrogens is 382 g/mol. The number of carbonyl (C=O) groups excluding carboxylic acids is 2. The second-order valence-electron chi connectivity index (χ2n) is 8.14. The predicted molar refractivity (Wildman–Crippen MR) is 111 cm³/mol. The molecule has 0 atom stereocenters. The maximum atomic E-state index is 12.9. The molecule has 1 aliphatic heterocycles. The van der Waals surface area contributed by atoms with Crippen molar-refractivity contribution < 1.29 is 14.8 Å². The minimum absolute atomic E-state index is 0.0157. The van der Waals surface area contributed by atoms with Crippen LogP contribution in [-0.4, -0.2) is 68.5 Å². The molecule has 5 rings (SSSR count). The summed E-state index contributed by atoms with van der Waals surface area (Å²) >= 11 is 0. The van der Waals surface area contributed by atoms with Gasteiger partial charge in [0.2, 0.25) is 5.91 Å². The number of piperazine rings is 1. The summed E-state index contributed by atoms with van der Waals surface area (Å²) in [4.78, 5) is 29.6. The topological polar surface area (TPSA) is 105 Å². The maximum absolute atomic E-state index is 12.9. The Kier molecular flexibility index (Phi) is 4.25. The van der Waals surface area contributed by atoms with E-state index in [0.29, 0.717) is 37.3 Å². The van der Waals surface area contributed by atoms with Crippen LogP contribution in [0.4, 0.5) is 0 Å². The van der Waals surface area contributed by atoms with Gasteiger partial charge < -0.3 is 20.7 Å². The molecule has 0 bridgehead atoms. The van der Waals surface area contributed by atoms with Crippen LogP contribution in [0.3, 0.4) is 0 Å². The molecule has 0 unspecified atom stereocenters. The van der Waals surface area contributed by atoms with Gasteiger partial charge in [-0.1, -0.05) is 24.3 Å². The zero-order chi connectivity index (χ0) is 20.9. The van der Waals surface area contributed by atoms with Crippen molar-refractivity contribution in [3.63, 3.8) is 0 Å². The van der Waals surface area contributed by atoms with Crippen molar-refractivity contribution in [1.82, 2.24) is 19.7 Å². The van der Waals surface area contributed by atoms with Crippen LogP contribution in [0, 0.1) is 0 Å². The molecule has 8 heteroatoms. The Morgan fingerprint density at radius 3 is 2.23 bits per heavy atom. The van der Waals surface area contributed by atoms with E-state index in [1.807, 2.05) is 42.5 Å². The van der Waals surface area contributed by atoms with Gasteiger partial charge in [-0.2, -0.15) is 0 Å². The van der Waals surface area contributed by atoms with Crippen LogP contribution < -0.4 is 5.73 Å². The van der Waals surface area contributed by atoms with Crippen molar-refractivity contribution in [2.45, 2.75) is 18.4 Å². The standard InChI is InChI=1S/C22H23N5O3/c23-22(7-8-22)21(29)26-11-9-25(10-12-26)20(28)16-3-1-15(2-4-16)17-5-6-18-14-27(30)24-19(18)13-17/h1-6,13-14,30H,7-12,23H2. The van der Waals surface area contributed by atoms with Crippen LogP contribution >= 0.6 is 0 Å². The van der Waals surface area contributed by atoms with Crippen molar-refractivity contribution >= 4 is 22.7 Å². The summed E-state index contributed by atoms with van der Waals surface area (Å²) in [6, 6.07) is 13.2. The first-order chi connectivity index (χ1) is 14.4. The van der Waals surface area contributed by atoms with Gasteiger partial charge in [0.15, 0.2) is 0 Å². The molecule has 2 heterocycles. The Balaban J connectivity index is 1.26. The fourth-order valence-electron chi connectivity index (χ4n) is 3.95. The molecular formula is C22H23N5O3. The summed E-state index contributed by atoms with van der Waals surface area (Å²) in [5.41, 5.74) is 8.61. The van der Waals surface area contributed by atoms with E-state index in [-0.39, 0.29) is 11.8 Å². The number of hydrogen-bond donors (Lipinski definition) is 2. The minimum atomic E-state index is -0.652. The Bertz CT molecular complexity index is 1130. The fourth-order valence-corrected chi connectivity index (χ4v) is 3.95. The number of nitrogens with zero attached hydrogens (tertiary/aromatic N) is 4. The van der Waals surface area contributed by atoms with Crippen LogP contribution in [0.5, 0.6) is 0 Å². The molecule has 1 aliphatic carbocycles. The first kappa shape index (κ1) is 18.6. The van der Waals surface area contributed by atoms with Gasteiger partial charge in [0, 0.05) is 37.1 Å². The number of hydrogen-bond acceptors (Lipinski definition) is 5. The minimum Gasteiger partial charge on any atom is -0.412 e. The highest BCUT2D eigenvalue weighted by molar-refractivity contribution is 5.95. The summed E-state index contributed by atoms with van der Waals surface area (Å²) in [6.45, 7) is 2.09. The lowest BCUT2D eigenvalue weighted by atomic mass is 10.0. The van der Waals surface area contributed by atoms with Gasteiger partial charge in [0.1, 0.15) is 0 Å². The molecule has 1 saturated carbocycles. The van der Waals surface area contributed by atoms with Crippen LogP contribution in [0.2, 0.25) is 0 Å². The Hall–Kier alpha value is -3.39. The number of fused-ring (bicyclic) bond motifs is 1. The van der Waals surface area contributed by atoms with E-state index < -0.39 is 5.54 Å². The summed E-state index contributed by atoms with van der Waals surface area (Å²) in [7, 11) is 0. The van der Waals surface area contributed by atoms with Gasteiger partial charge in [0.05, 0.1) is 17.3 Å². The average molecular weight is 405 g/mol. The second-order valence-corrected chi connectivity index (χ2v) is 8.14. The summed E-state index contributed by atoms with van der Waals surface area (Å²) in [6.07, 6.45) is 3.06. The zero-order valence-corrected chi connectivity index (χ0v) is 16.5. The van der Waals surface area contributed by atoms with E-state index in [1.54, 1.807) is 16.0 Å². The zero-order valence-electron chi connectivity index (χ0n) is 16.5.